The largest absolute Gasteiger partial charge is 0.332 e. The van der Waals surface area contributed by atoms with Gasteiger partial charge >= 0.3 is 0 Å². The summed E-state index contributed by atoms with van der Waals surface area (Å²) in [5, 5.41) is 0.165. The molecule has 0 saturated carbocycles. The first-order valence-corrected chi connectivity index (χ1v) is 6.77. The van der Waals surface area contributed by atoms with Crippen LogP contribution < -0.4 is 5.73 Å². The van der Waals surface area contributed by atoms with Crippen LogP contribution in [-0.2, 0) is 16.4 Å². The average molecular weight is 244 g/mol. The monoisotopic (exact) mass is 244 g/mol. The second-order valence-corrected chi connectivity index (χ2v) is 5.87. The Kier molecular flexibility index (Phi) is 3.00. The van der Waals surface area contributed by atoms with E-state index >= 15 is 0 Å². The van der Waals surface area contributed by atoms with Gasteiger partial charge in [-0.05, 0) is 6.42 Å². The first-order chi connectivity index (χ1) is 7.54. The Morgan fingerprint density at radius 1 is 1.69 bits per heavy atom. The molecule has 1 aliphatic heterocycles. The number of nitrogens with one attached hydrogen (secondary N) is 1. The molecule has 1 atom stereocenters. The van der Waals surface area contributed by atoms with Gasteiger partial charge in [0.2, 0.25) is 0 Å². The van der Waals surface area contributed by atoms with Crippen molar-refractivity contribution in [3.8, 4) is 0 Å². The van der Waals surface area contributed by atoms with Gasteiger partial charge in [0.15, 0.2) is 5.03 Å². The maximum absolute atomic E-state index is 12.1. The van der Waals surface area contributed by atoms with Crippen LogP contribution >= 0.6 is 0 Å². The third-order valence-corrected chi connectivity index (χ3v) is 4.52. The Balaban J connectivity index is 2.25. The normalized spacial score (nSPS) is 22.8. The maximum atomic E-state index is 12.1. The molecule has 0 aliphatic carbocycles. The van der Waals surface area contributed by atoms with Gasteiger partial charge in [-0.3, -0.25) is 0 Å². The Morgan fingerprint density at radius 2 is 2.44 bits per heavy atom. The summed E-state index contributed by atoms with van der Waals surface area (Å²) in [6.07, 6.45) is 2.78. The third kappa shape index (κ3) is 1.98. The number of H-pyrrole nitrogens is 1. The molecule has 3 N–H and O–H groups in total. The lowest BCUT2D eigenvalue weighted by molar-refractivity contribution is 0.470. The van der Waals surface area contributed by atoms with E-state index in [2.05, 4.69) is 9.97 Å². The van der Waals surface area contributed by atoms with Gasteiger partial charge in [-0.25, -0.2) is 13.4 Å². The van der Waals surface area contributed by atoms with Gasteiger partial charge in [0, 0.05) is 25.6 Å². The number of rotatable bonds is 3. The molecule has 0 aromatic carbocycles. The van der Waals surface area contributed by atoms with Crippen LogP contribution in [0.5, 0.6) is 0 Å². The van der Waals surface area contributed by atoms with Crippen molar-refractivity contribution in [2.24, 2.45) is 5.73 Å². The zero-order valence-corrected chi connectivity index (χ0v) is 10.00. The van der Waals surface area contributed by atoms with Crippen LogP contribution in [0.4, 0.5) is 0 Å². The van der Waals surface area contributed by atoms with Crippen LogP contribution in [0.1, 0.15) is 19.2 Å². The third-order valence-electron chi connectivity index (χ3n) is 2.75. The Labute approximate surface area is 94.9 Å². The minimum absolute atomic E-state index is 0.0525. The summed E-state index contributed by atoms with van der Waals surface area (Å²) in [5.41, 5.74) is 5.70. The van der Waals surface area contributed by atoms with Gasteiger partial charge in [-0.1, -0.05) is 6.92 Å². The molecule has 16 heavy (non-hydrogen) atoms. The van der Waals surface area contributed by atoms with Crippen LogP contribution in [0.15, 0.2) is 11.2 Å². The van der Waals surface area contributed by atoms with Gasteiger partial charge < -0.3 is 10.7 Å². The minimum atomic E-state index is -3.43. The van der Waals surface area contributed by atoms with E-state index in [1.165, 1.54) is 10.5 Å². The molecule has 90 valence electrons. The summed E-state index contributed by atoms with van der Waals surface area (Å²) in [5.74, 6) is 0.682. The van der Waals surface area contributed by atoms with Crippen molar-refractivity contribution in [1.82, 2.24) is 14.3 Å². The molecular formula is C9H16N4O2S. The number of aromatic amines is 1. The van der Waals surface area contributed by atoms with Gasteiger partial charge in [-0.2, -0.15) is 4.31 Å². The standard InChI is InChI=1S/C9H16N4O2S/c1-2-8-11-5-9(12-8)16(14,15)13-4-3-7(10)6-13/h5,7H,2-4,6,10H2,1H3,(H,11,12)/t7-/m1/s1. The Bertz CT molecular complexity index is 468. The highest BCUT2D eigenvalue weighted by Gasteiger charge is 2.32. The zero-order chi connectivity index (χ0) is 11.8. The number of aryl methyl sites for hydroxylation is 1. The average Bonchev–Trinajstić information content (AvgIpc) is 2.85. The quantitative estimate of drug-likeness (QED) is 0.763. The number of hydrogen-bond donors (Lipinski definition) is 2. The molecule has 1 aromatic rings. The topological polar surface area (TPSA) is 92.1 Å². The van der Waals surface area contributed by atoms with Crippen LogP contribution in [0.3, 0.4) is 0 Å². The Morgan fingerprint density at radius 3 is 2.94 bits per heavy atom. The van der Waals surface area contributed by atoms with E-state index in [4.69, 9.17) is 5.73 Å². The van der Waals surface area contributed by atoms with E-state index in [0.29, 0.717) is 31.8 Å². The second-order valence-electron chi connectivity index (χ2n) is 3.96. The summed E-state index contributed by atoms with van der Waals surface area (Å²) in [4.78, 5) is 6.81. The summed E-state index contributed by atoms with van der Waals surface area (Å²) >= 11 is 0. The van der Waals surface area contributed by atoms with E-state index < -0.39 is 10.0 Å². The lowest BCUT2D eigenvalue weighted by Gasteiger charge is -2.13. The van der Waals surface area contributed by atoms with Crippen molar-refractivity contribution in [3.63, 3.8) is 0 Å². The van der Waals surface area contributed by atoms with Gasteiger partial charge in [-0.15, -0.1) is 0 Å². The van der Waals surface area contributed by atoms with Crippen LogP contribution in [0.2, 0.25) is 0 Å². The number of imidazole rings is 1. The van der Waals surface area contributed by atoms with E-state index in [1.807, 2.05) is 6.92 Å². The highest BCUT2D eigenvalue weighted by molar-refractivity contribution is 7.89. The van der Waals surface area contributed by atoms with Crippen LogP contribution in [0, 0.1) is 0 Å². The lowest BCUT2D eigenvalue weighted by atomic mass is 10.3. The Hall–Kier alpha value is -0.920. The predicted molar refractivity (Wildman–Crippen MR) is 59.3 cm³/mol. The van der Waals surface area contributed by atoms with E-state index in [9.17, 15) is 8.42 Å². The molecule has 1 aromatic heterocycles. The molecule has 0 bridgehead atoms. The summed E-state index contributed by atoms with van der Waals surface area (Å²) < 4.78 is 25.6. The predicted octanol–water partition coefficient (Wildman–Crippen LogP) is -0.306. The van der Waals surface area contributed by atoms with E-state index in [-0.39, 0.29) is 11.1 Å². The summed E-state index contributed by atoms with van der Waals surface area (Å²) in [6.45, 7) is 2.80. The van der Waals surface area contributed by atoms with E-state index in [0.717, 1.165) is 0 Å². The minimum Gasteiger partial charge on any atom is -0.332 e. The fourth-order valence-corrected chi connectivity index (χ4v) is 3.21. The molecule has 6 nitrogen and oxygen atoms in total. The SMILES string of the molecule is CCc1ncc(S(=O)(=O)N2CC[C@@H](N)C2)[nH]1. The number of hydrogen-bond acceptors (Lipinski definition) is 4. The van der Waals surface area contributed by atoms with E-state index in [1.54, 1.807) is 0 Å². The van der Waals surface area contributed by atoms with Crippen LogP contribution in [-0.4, -0.2) is 41.8 Å². The van der Waals surface area contributed by atoms with Crippen molar-refractivity contribution in [1.29, 1.82) is 0 Å². The molecular weight excluding hydrogens is 228 g/mol. The molecule has 2 heterocycles. The fourth-order valence-electron chi connectivity index (χ4n) is 1.77. The molecule has 7 heteroatoms. The smallest absolute Gasteiger partial charge is 0.260 e. The fraction of sp³-hybridized carbons (Fsp3) is 0.667. The number of aromatic nitrogens is 2. The van der Waals surface area contributed by atoms with Crippen molar-refractivity contribution >= 4 is 10.0 Å². The summed E-state index contributed by atoms with van der Waals surface area (Å²) in [7, 11) is -3.43. The lowest BCUT2D eigenvalue weighted by Crippen LogP contribution is -2.32. The van der Waals surface area contributed by atoms with Crippen molar-refractivity contribution in [2.45, 2.75) is 30.8 Å². The highest BCUT2D eigenvalue weighted by atomic mass is 32.2. The van der Waals surface area contributed by atoms with Crippen LogP contribution in [0.25, 0.3) is 0 Å². The van der Waals surface area contributed by atoms with Crippen molar-refractivity contribution in [3.05, 3.63) is 12.0 Å². The summed E-state index contributed by atoms with van der Waals surface area (Å²) in [6, 6.07) is -0.0525. The number of nitrogens with zero attached hydrogens (tertiary/aromatic N) is 2. The molecule has 1 saturated heterocycles. The second kappa shape index (κ2) is 4.15. The molecule has 0 radical (unpaired) electrons. The van der Waals surface area contributed by atoms with Gasteiger partial charge in [0.1, 0.15) is 5.82 Å². The first-order valence-electron chi connectivity index (χ1n) is 5.33. The van der Waals surface area contributed by atoms with Gasteiger partial charge in [0.05, 0.1) is 6.20 Å². The number of sulfonamides is 1. The zero-order valence-electron chi connectivity index (χ0n) is 9.18. The maximum Gasteiger partial charge on any atom is 0.260 e. The molecule has 1 fully saturated rings. The highest BCUT2D eigenvalue weighted by Crippen LogP contribution is 2.18. The van der Waals surface area contributed by atoms with Crippen molar-refractivity contribution in [2.75, 3.05) is 13.1 Å². The van der Waals surface area contributed by atoms with Gasteiger partial charge in [0.25, 0.3) is 10.0 Å². The molecule has 0 spiro atoms. The first kappa shape index (κ1) is 11.6. The van der Waals surface area contributed by atoms with Crippen molar-refractivity contribution < 1.29 is 8.42 Å². The molecule has 0 amide bonds. The number of nitrogens with two attached hydrogens (primary N) is 1. The molecule has 2 rings (SSSR count). The molecule has 0 unspecified atom stereocenters. The molecule has 1 aliphatic rings.